The molecule has 0 spiro atoms. The molecule has 0 unspecified atom stereocenters. The van der Waals surface area contributed by atoms with Crippen molar-refractivity contribution in [2.24, 2.45) is 5.72 Å². The topological polar surface area (TPSA) is 83.5 Å². The first-order chi connectivity index (χ1) is 21.3. The fraction of sp³-hybridized carbons (Fsp3) is 0.912. The van der Waals surface area contributed by atoms with Crippen LogP contribution in [0.5, 0.6) is 0 Å². The van der Waals surface area contributed by atoms with Gasteiger partial charge >= 0.3 is 0 Å². The average Bonchev–Trinajstić information content (AvgIpc) is 2.98. The summed E-state index contributed by atoms with van der Waals surface area (Å²) in [6, 6.07) is -4.60. The van der Waals surface area contributed by atoms with Crippen molar-refractivity contribution >= 4 is 5.78 Å². The predicted octanol–water partition coefficient (Wildman–Crippen LogP) is 9.34. The summed E-state index contributed by atoms with van der Waals surface area (Å²) in [5.74, 6) is -0.441. The molecule has 0 rings (SSSR count). The van der Waals surface area contributed by atoms with E-state index >= 15 is 0 Å². The molecule has 38 heavy (non-hydrogen) atoms. The molecule has 0 heterocycles. The Balaban J connectivity index is 5.03. The summed E-state index contributed by atoms with van der Waals surface area (Å²) in [5.41, 5.74) is -0.782. The zero-order valence-electron chi connectivity index (χ0n) is 32.1. The molecule has 0 aromatic heterocycles. The van der Waals surface area contributed by atoms with Gasteiger partial charge in [0.1, 0.15) is 2.82 Å². The minimum atomic E-state index is -3.70. The summed E-state index contributed by atoms with van der Waals surface area (Å²) in [7, 11) is 0. The molecule has 0 aromatic carbocycles. The summed E-state index contributed by atoms with van der Waals surface area (Å²) in [5, 5.41) is 20.8. The van der Waals surface area contributed by atoms with Crippen molar-refractivity contribution < 1.29 is 24.7 Å². The SMILES string of the molecule is [2H]/C(=C(\CCCCCCCCCCCCC)C(=O)CCCCCCCCCCCCCCC)[C@@]([2H])(O)[C@@]([2H])(N([2H])[2H])C([2H])([2H])O. The molecule has 2 atom stereocenters. The van der Waals surface area contributed by atoms with Crippen molar-refractivity contribution in [1.29, 1.82) is 0 Å². The minimum Gasteiger partial charge on any atom is -0.395 e. The van der Waals surface area contributed by atoms with E-state index in [1.165, 1.54) is 96.3 Å². The Morgan fingerprint density at radius 2 is 1.05 bits per heavy atom. The number of Topliss-reactive ketones (excluding diaryl/α,β-unsaturated/α-hetero) is 1. The van der Waals surface area contributed by atoms with Crippen LogP contribution in [-0.2, 0) is 4.79 Å². The van der Waals surface area contributed by atoms with Gasteiger partial charge in [-0.3, -0.25) is 4.79 Å². The molecule has 0 radical (unpaired) electrons. The molecule has 0 aliphatic heterocycles. The number of allylic oxidation sites excluding steroid dienone is 1. The van der Waals surface area contributed by atoms with E-state index in [4.69, 9.17) is 9.68 Å². The van der Waals surface area contributed by atoms with Crippen LogP contribution in [-0.4, -0.2) is 34.7 Å². The van der Waals surface area contributed by atoms with Crippen molar-refractivity contribution in [3.05, 3.63) is 11.6 Å². The lowest BCUT2D eigenvalue weighted by atomic mass is 9.95. The highest BCUT2D eigenvalue weighted by Gasteiger charge is 2.16. The largest absolute Gasteiger partial charge is 0.395 e. The lowest BCUT2D eigenvalue weighted by Gasteiger charge is -2.15. The van der Waals surface area contributed by atoms with Crippen LogP contribution in [0.25, 0.3) is 0 Å². The van der Waals surface area contributed by atoms with Crippen LogP contribution in [0, 0.1) is 0 Å². The van der Waals surface area contributed by atoms with Crippen LogP contribution in [0.2, 0.25) is 2.82 Å². The third-order valence-corrected chi connectivity index (χ3v) is 7.47. The summed E-state index contributed by atoms with van der Waals surface area (Å²) < 4.78 is 55.1. The second-order valence-electron chi connectivity index (χ2n) is 11.1. The predicted molar refractivity (Wildman–Crippen MR) is 166 cm³/mol. The van der Waals surface area contributed by atoms with Crippen molar-refractivity contribution in [3.63, 3.8) is 0 Å². The Labute approximate surface area is 247 Å². The second-order valence-corrected chi connectivity index (χ2v) is 11.1. The maximum atomic E-state index is 13.3. The van der Waals surface area contributed by atoms with Gasteiger partial charge in [-0.25, -0.2) is 0 Å². The van der Waals surface area contributed by atoms with Gasteiger partial charge in [0.2, 0.25) is 0 Å². The monoisotopic (exact) mass is 545 g/mol. The zero-order valence-corrected chi connectivity index (χ0v) is 25.1. The molecule has 0 bridgehead atoms. The standard InChI is InChI=1S/C34H67NO3/c1-3-5-7-9-11-13-15-16-18-20-22-24-26-28-33(37)31(29-34(38)32(35)30-36)27-25-23-21-19-17-14-12-10-8-6-4-2/h29,32,34,36,38H,3-28,30,35H2,1-2H3/b31-29-/t32-,34+/m0/s1/i29D,30D2,32D,34D/hD2. The Kier molecular flexibility index (Phi) is 20.2. The van der Waals surface area contributed by atoms with E-state index in [0.29, 0.717) is 12.8 Å². The highest BCUT2D eigenvalue weighted by atomic mass is 16.3. The Bertz CT molecular complexity index is 790. The Hall–Kier alpha value is -0.710. The normalized spacial score (nSPS) is 18.7. The molecule has 0 aliphatic carbocycles. The fourth-order valence-corrected chi connectivity index (χ4v) is 4.95. The molecule has 0 saturated heterocycles. The van der Waals surface area contributed by atoms with Gasteiger partial charge in [-0.15, -0.1) is 0 Å². The van der Waals surface area contributed by atoms with E-state index in [1.807, 2.05) is 0 Å². The van der Waals surface area contributed by atoms with Crippen LogP contribution < -0.4 is 5.72 Å². The Morgan fingerprint density at radius 3 is 1.39 bits per heavy atom. The summed E-state index contributed by atoms with van der Waals surface area (Å²) in [4.78, 5) is 13.3. The third-order valence-electron chi connectivity index (χ3n) is 7.47. The van der Waals surface area contributed by atoms with E-state index in [9.17, 15) is 15.0 Å². The molecule has 0 aromatic rings. The highest BCUT2D eigenvalue weighted by Crippen LogP contribution is 2.19. The molecule has 0 amide bonds. The number of aliphatic hydroxyl groups is 2. The quantitative estimate of drug-likeness (QED) is 0.0599. The van der Waals surface area contributed by atoms with Crippen molar-refractivity contribution in [2.75, 3.05) is 6.56 Å². The van der Waals surface area contributed by atoms with E-state index in [2.05, 4.69) is 13.8 Å². The Morgan fingerprint density at radius 1 is 0.711 bits per heavy atom. The number of hydrogen-bond donors (Lipinski definition) is 3. The van der Waals surface area contributed by atoms with Crippen LogP contribution >= 0.6 is 0 Å². The lowest BCUT2D eigenvalue weighted by Crippen LogP contribution is -2.37. The van der Waals surface area contributed by atoms with Gasteiger partial charge in [0.05, 0.1) is 25.5 Å². The maximum absolute atomic E-state index is 13.3. The fourth-order valence-electron chi connectivity index (χ4n) is 4.95. The number of carbonyl (C=O) groups is 1. The minimum absolute atomic E-state index is 0.0782. The van der Waals surface area contributed by atoms with Crippen LogP contribution in [0.15, 0.2) is 11.6 Å². The molecular formula is C34H67NO3. The first kappa shape index (κ1) is 26.2. The average molecular weight is 545 g/mol. The highest BCUT2D eigenvalue weighted by molar-refractivity contribution is 5.95. The third kappa shape index (κ3) is 24.3. The molecule has 4 heteroatoms. The van der Waals surface area contributed by atoms with Gasteiger partial charge in [0, 0.05) is 6.42 Å². The molecule has 4 nitrogen and oxygen atoms in total. The number of unbranched alkanes of at least 4 members (excludes halogenated alkanes) is 22. The van der Waals surface area contributed by atoms with E-state index in [0.717, 1.165) is 44.9 Å². The summed E-state index contributed by atoms with van der Waals surface area (Å²) >= 11 is 0. The molecule has 226 valence electrons. The number of carbonyl (C=O) groups excluding carboxylic acids is 1. The molecule has 0 saturated carbocycles. The van der Waals surface area contributed by atoms with Gasteiger partial charge in [-0.2, -0.15) is 0 Å². The first-order valence-corrected chi connectivity index (χ1v) is 16.2. The van der Waals surface area contributed by atoms with Crippen LogP contribution in [0.4, 0.5) is 0 Å². The van der Waals surface area contributed by atoms with Crippen LogP contribution in [0.1, 0.15) is 188 Å². The molecular weight excluding hydrogens is 470 g/mol. The van der Waals surface area contributed by atoms with Crippen molar-refractivity contribution in [1.82, 2.24) is 0 Å². The van der Waals surface area contributed by atoms with Crippen LogP contribution in [0.3, 0.4) is 0 Å². The van der Waals surface area contributed by atoms with Crippen molar-refractivity contribution in [3.8, 4) is 0 Å². The number of ketones is 1. The summed E-state index contributed by atoms with van der Waals surface area (Å²) in [6.45, 7) is 0.737. The van der Waals surface area contributed by atoms with Gasteiger partial charge in [-0.05, 0) is 30.9 Å². The number of hydrogen-bond acceptors (Lipinski definition) is 4. The van der Waals surface area contributed by atoms with Crippen molar-refractivity contribution in [2.45, 2.75) is 193 Å². The lowest BCUT2D eigenvalue weighted by molar-refractivity contribution is -0.115. The van der Waals surface area contributed by atoms with E-state index < -0.39 is 36.2 Å². The molecule has 4 N–H and O–H groups in total. The number of rotatable bonds is 31. The van der Waals surface area contributed by atoms with Gasteiger partial charge in [-0.1, -0.05) is 155 Å². The smallest absolute Gasteiger partial charge is 0.158 e. The van der Waals surface area contributed by atoms with Gasteiger partial charge in [0.15, 0.2) is 5.78 Å². The van der Waals surface area contributed by atoms with E-state index in [-0.39, 0.29) is 18.4 Å². The number of nitrogens with two attached hydrogens (primary N) is 1. The first-order valence-electron chi connectivity index (χ1n) is 19.6. The second kappa shape index (κ2) is 29.3. The van der Waals surface area contributed by atoms with Gasteiger partial charge < -0.3 is 15.9 Å². The van der Waals surface area contributed by atoms with E-state index in [1.54, 1.807) is 0 Å². The van der Waals surface area contributed by atoms with Gasteiger partial charge in [0.25, 0.3) is 0 Å². The summed E-state index contributed by atoms with van der Waals surface area (Å²) in [6.07, 6.45) is 23.6. The zero-order chi connectivity index (χ0) is 34.2. The molecule has 0 aliphatic rings. The maximum Gasteiger partial charge on any atom is 0.158 e. The molecule has 0 fully saturated rings.